The molecule has 4 nitrogen and oxygen atoms in total. The molecule has 2 fully saturated rings. The van der Waals surface area contributed by atoms with Gasteiger partial charge in [0, 0.05) is 24.7 Å². The number of carbonyl (C=O) groups is 2. The van der Waals surface area contributed by atoms with Crippen LogP contribution in [0.2, 0.25) is 0 Å². The number of benzene rings is 1. The van der Waals surface area contributed by atoms with E-state index < -0.39 is 0 Å². The maximum atomic E-state index is 12.4. The lowest BCUT2D eigenvalue weighted by atomic mass is 10.1. The molecule has 4 heteroatoms. The van der Waals surface area contributed by atoms with Gasteiger partial charge in [0.2, 0.25) is 11.8 Å². The first kappa shape index (κ1) is 12.9. The van der Waals surface area contributed by atoms with E-state index in [0.717, 1.165) is 31.4 Å². The highest BCUT2D eigenvalue weighted by Gasteiger charge is 2.41. The van der Waals surface area contributed by atoms with Crippen molar-refractivity contribution in [3.05, 3.63) is 29.3 Å². The largest absolute Gasteiger partial charge is 0.339 e. The molecule has 2 aliphatic carbocycles. The number of rotatable bonds is 3. The standard InChI is InChI=1S/C17H20N2O2/c20-16-9-13(10-19(16)15-6-7-15)17(21)18-14-5-4-11-2-1-3-12(11)8-14/h4-5,8,13,15H,1-3,6-7,9-10H2,(H,18,21)/t13-/m1/s1. The molecule has 0 spiro atoms. The molecule has 110 valence electrons. The number of nitrogens with zero attached hydrogens (tertiary/aromatic N) is 1. The summed E-state index contributed by atoms with van der Waals surface area (Å²) in [6.07, 6.45) is 6.04. The molecule has 1 saturated carbocycles. The van der Waals surface area contributed by atoms with Crippen molar-refractivity contribution in [1.29, 1.82) is 0 Å². The molecule has 0 unspecified atom stereocenters. The highest BCUT2D eigenvalue weighted by Crippen LogP contribution is 2.33. The summed E-state index contributed by atoms with van der Waals surface area (Å²) in [5, 5.41) is 3.00. The number of carbonyl (C=O) groups excluding carboxylic acids is 2. The second-order valence-corrected chi connectivity index (χ2v) is 6.50. The van der Waals surface area contributed by atoms with Crippen molar-refractivity contribution >= 4 is 17.5 Å². The van der Waals surface area contributed by atoms with Crippen LogP contribution in [0.1, 0.15) is 36.8 Å². The summed E-state index contributed by atoms with van der Waals surface area (Å²) in [7, 11) is 0. The Morgan fingerprint density at radius 2 is 2.00 bits per heavy atom. The summed E-state index contributed by atoms with van der Waals surface area (Å²) in [5.41, 5.74) is 3.64. The zero-order chi connectivity index (χ0) is 14.4. The van der Waals surface area contributed by atoms with Crippen molar-refractivity contribution in [2.75, 3.05) is 11.9 Å². The van der Waals surface area contributed by atoms with Crippen LogP contribution in [0.4, 0.5) is 5.69 Å². The van der Waals surface area contributed by atoms with Gasteiger partial charge < -0.3 is 10.2 Å². The van der Waals surface area contributed by atoms with Gasteiger partial charge in [0.1, 0.15) is 0 Å². The third kappa shape index (κ3) is 2.43. The van der Waals surface area contributed by atoms with Gasteiger partial charge in [-0.25, -0.2) is 0 Å². The fraction of sp³-hybridized carbons (Fsp3) is 0.529. The van der Waals surface area contributed by atoms with Crippen LogP contribution in [0.15, 0.2) is 18.2 Å². The van der Waals surface area contributed by atoms with E-state index in [-0.39, 0.29) is 17.7 Å². The monoisotopic (exact) mass is 284 g/mol. The first-order valence-electron chi connectivity index (χ1n) is 7.93. The summed E-state index contributed by atoms with van der Waals surface area (Å²) in [6.45, 7) is 0.597. The number of fused-ring (bicyclic) bond motifs is 1. The van der Waals surface area contributed by atoms with Crippen molar-refractivity contribution in [2.24, 2.45) is 5.92 Å². The van der Waals surface area contributed by atoms with Gasteiger partial charge in [-0.2, -0.15) is 0 Å². The number of anilines is 1. The van der Waals surface area contributed by atoms with E-state index in [4.69, 9.17) is 0 Å². The van der Waals surface area contributed by atoms with E-state index in [9.17, 15) is 9.59 Å². The Balaban J connectivity index is 1.43. The Bertz CT molecular complexity index is 607. The van der Waals surface area contributed by atoms with E-state index in [1.165, 1.54) is 17.5 Å². The summed E-state index contributed by atoms with van der Waals surface area (Å²) >= 11 is 0. The molecule has 1 heterocycles. The predicted molar refractivity (Wildman–Crippen MR) is 79.9 cm³/mol. The molecule has 1 N–H and O–H groups in total. The van der Waals surface area contributed by atoms with Gasteiger partial charge in [-0.1, -0.05) is 6.07 Å². The second kappa shape index (κ2) is 4.86. The Labute approximate surface area is 124 Å². The smallest absolute Gasteiger partial charge is 0.229 e. The number of hydrogen-bond donors (Lipinski definition) is 1. The van der Waals surface area contributed by atoms with Gasteiger partial charge in [-0.3, -0.25) is 9.59 Å². The Kier molecular flexibility index (Phi) is 2.98. The van der Waals surface area contributed by atoms with Crippen LogP contribution in [0, 0.1) is 5.92 Å². The molecule has 1 aromatic carbocycles. The van der Waals surface area contributed by atoms with Gasteiger partial charge in [0.15, 0.2) is 0 Å². The fourth-order valence-electron chi connectivity index (χ4n) is 3.54. The Hall–Kier alpha value is -1.84. The fourth-order valence-corrected chi connectivity index (χ4v) is 3.54. The van der Waals surface area contributed by atoms with Crippen molar-refractivity contribution in [2.45, 2.75) is 44.6 Å². The molecule has 1 atom stereocenters. The van der Waals surface area contributed by atoms with Gasteiger partial charge >= 0.3 is 0 Å². The predicted octanol–water partition coefficient (Wildman–Crippen LogP) is 2.12. The maximum Gasteiger partial charge on any atom is 0.229 e. The molecule has 1 aliphatic heterocycles. The number of likely N-dealkylation sites (tertiary alicyclic amines) is 1. The Morgan fingerprint density at radius 1 is 1.19 bits per heavy atom. The Morgan fingerprint density at radius 3 is 2.81 bits per heavy atom. The highest BCUT2D eigenvalue weighted by molar-refractivity contribution is 5.97. The zero-order valence-corrected chi connectivity index (χ0v) is 12.1. The highest BCUT2D eigenvalue weighted by atomic mass is 16.2. The van der Waals surface area contributed by atoms with E-state index >= 15 is 0 Å². The van der Waals surface area contributed by atoms with E-state index in [1.807, 2.05) is 11.0 Å². The number of hydrogen-bond acceptors (Lipinski definition) is 2. The van der Waals surface area contributed by atoms with Crippen molar-refractivity contribution in [3.8, 4) is 0 Å². The topological polar surface area (TPSA) is 49.4 Å². The summed E-state index contributed by atoms with van der Waals surface area (Å²) < 4.78 is 0. The molecule has 1 saturated heterocycles. The van der Waals surface area contributed by atoms with Crippen LogP contribution in [0.5, 0.6) is 0 Å². The third-order valence-electron chi connectivity index (χ3n) is 4.88. The first-order chi connectivity index (χ1) is 10.2. The van der Waals surface area contributed by atoms with Crippen LogP contribution in [0.3, 0.4) is 0 Å². The summed E-state index contributed by atoms with van der Waals surface area (Å²) in [5.74, 6) is -0.0533. The van der Waals surface area contributed by atoms with Gasteiger partial charge in [-0.15, -0.1) is 0 Å². The lowest BCUT2D eigenvalue weighted by molar-refractivity contribution is -0.128. The normalized spacial score (nSPS) is 24.3. The van der Waals surface area contributed by atoms with Crippen LogP contribution >= 0.6 is 0 Å². The van der Waals surface area contributed by atoms with Crippen molar-refractivity contribution in [1.82, 2.24) is 4.90 Å². The van der Waals surface area contributed by atoms with Crippen LogP contribution in [0.25, 0.3) is 0 Å². The molecule has 0 radical (unpaired) electrons. The molecule has 21 heavy (non-hydrogen) atoms. The minimum Gasteiger partial charge on any atom is -0.339 e. The number of nitrogens with one attached hydrogen (secondary N) is 1. The molecule has 0 aromatic heterocycles. The summed E-state index contributed by atoms with van der Waals surface area (Å²) in [6, 6.07) is 6.61. The minimum atomic E-state index is -0.189. The lowest BCUT2D eigenvalue weighted by Gasteiger charge is -2.15. The van der Waals surface area contributed by atoms with Crippen LogP contribution < -0.4 is 5.32 Å². The quantitative estimate of drug-likeness (QED) is 0.924. The average Bonchev–Trinajstić information content (AvgIpc) is 3.07. The molecule has 4 rings (SSSR count). The molecular weight excluding hydrogens is 264 g/mol. The third-order valence-corrected chi connectivity index (χ3v) is 4.88. The molecule has 0 bridgehead atoms. The van der Waals surface area contributed by atoms with E-state index in [2.05, 4.69) is 17.4 Å². The number of aryl methyl sites for hydroxylation is 2. The molecule has 1 aromatic rings. The van der Waals surface area contributed by atoms with E-state index in [1.54, 1.807) is 0 Å². The average molecular weight is 284 g/mol. The second-order valence-electron chi connectivity index (χ2n) is 6.50. The van der Waals surface area contributed by atoms with Gasteiger partial charge in [0.05, 0.1) is 5.92 Å². The minimum absolute atomic E-state index is 0.00977. The summed E-state index contributed by atoms with van der Waals surface area (Å²) in [4.78, 5) is 26.2. The molecular formula is C17H20N2O2. The van der Waals surface area contributed by atoms with Crippen molar-refractivity contribution in [3.63, 3.8) is 0 Å². The van der Waals surface area contributed by atoms with Crippen LogP contribution in [-0.2, 0) is 22.4 Å². The lowest BCUT2D eigenvalue weighted by Crippen LogP contribution is -2.29. The molecule has 2 amide bonds. The van der Waals surface area contributed by atoms with E-state index in [0.29, 0.717) is 19.0 Å². The van der Waals surface area contributed by atoms with Gasteiger partial charge in [-0.05, 0) is 55.4 Å². The molecule has 3 aliphatic rings. The van der Waals surface area contributed by atoms with Crippen molar-refractivity contribution < 1.29 is 9.59 Å². The van der Waals surface area contributed by atoms with Crippen LogP contribution in [-0.4, -0.2) is 29.3 Å². The first-order valence-corrected chi connectivity index (χ1v) is 7.93. The maximum absolute atomic E-state index is 12.4. The van der Waals surface area contributed by atoms with Gasteiger partial charge in [0.25, 0.3) is 0 Å². The zero-order valence-electron chi connectivity index (χ0n) is 12.1. The SMILES string of the molecule is O=C(Nc1ccc2c(c1)CCC2)[C@@H]1CC(=O)N(C2CC2)C1. The number of amides is 2.